The Kier molecular flexibility index (Phi) is 4.65. The van der Waals surface area contributed by atoms with E-state index in [1.807, 2.05) is 24.3 Å². The van der Waals surface area contributed by atoms with Crippen LogP contribution in [0, 0.1) is 0 Å². The fourth-order valence-electron chi connectivity index (χ4n) is 2.10. The summed E-state index contributed by atoms with van der Waals surface area (Å²) in [5.74, 6) is 1.59. The highest BCUT2D eigenvalue weighted by atomic mass is 79.9. The fourth-order valence-corrected chi connectivity index (χ4v) is 3.10. The molecule has 1 N–H and O–H groups in total. The van der Waals surface area contributed by atoms with Crippen molar-refractivity contribution < 1.29 is 9.47 Å². The van der Waals surface area contributed by atoms with Crippen molar-refractivity contribution in [1.29, 1.82) is 0 Å². The quantitative estimate of drug-likeness (QED) is 0.758. The predicted octanol–water partition coefficient (Wildman–Crippen LogP) is 4.38. The molecule has 0 saturated heterocycles. The molecule has 0 saturated carbocycles. The van der Waals surface area contributed by atoms with Crippen LogP contribution in [0.3, 0.4) is 0 Å². The Morgan fingerprint density at radius 2 is 2.05 bits per heavy atom. The van der Waals surface area contributed by atoms with Crippen molar-refractivity contribution in [3.8, 4) is 11.5 Å². The Hall–Kier alpha value is -1.27. The summed E-state index contributed by atoms with van der Waals surface area (Å²) in [6.45, 7) is 2.05. The van der Waals surface area contributed by atoms with Crippen LogP contribution in [0.1, 0.15) is 12.0 Å². The molecule has 4 nitrogen and oxygen atoms in total. The van der Waals surface area contributed by atoms with Gasteiger partial charge in [0.15, 0.2) is 11.5 Å². The molecule has 0 radical (unpaired) electrons. The van der Waals surface area contributed by atoms with Crippen LogP contribution < -0.4 is 14.8 Å². The summed E-state index contributed by atoms with van der Waals surface area (Å²) in [4.78, 5) is 4.19. The number of aromatic nitrogens is 1. The van der Waals surface area contributed by atoms with Gasteiger partial charge >= 0.3 is 0 Å². The number of hydrogen-bond acceptors (Lipinski definition) is 4. The lowest BCUT2D eigenvalue weighted by Gasteiger charge is -2.13. The molecule has 0 bridgehead atoms. The summed E-state index contributed by atoms with van der Waals surface area (Å²) >= 11 is 6.98. The molecule has 110 valence electrons. The molecular formula is C15H14Br2N2O2. The fraction of sp³-hybridized carbons (Fsp3) is 0.267. The molecule has 2 heterocycles. The number of ether oxygens (including phenoxy) is 2. The highest BCUT2D eigenvalue weighted by Gasteiger charge is 2.15. The van der Waals surface area contributed by atoms with E-state index in [2.05, 4.69) is 42.2 Å². The first-order valence-corrected chi connectivity index (χ1v) is 8.25. The summed E-state index contributed by atoms with van der Waals surface area (Å²) in [5, 5.41) is 3.35. The highest BCUT2D eigenvalue weighted by molar-refractivity contribution is 9.10. The first-order chi connectivity index (χ1) is 10.2. The lowest BCUT2D eigenvalue weighted by Crippen LogP contribution is -2.02. The number of hydrogen-bond donors (Lipinski definition) is 1. The molecule has 0 spiro atoms. The van der Waals surface area contributed by atoms with Gasteiger partial charge in [0, 0.05) is 19.2 Å². The van der Waals surface area contributed by atoms with Gasteiger partial charge in [0.25, 0.3) is 0 Å². The molecule has 3 rings (SSSR count). The van der Waals surface area contributed by atoms with Crippen molar-refractivity contribution >= 4 is 37.5 Å². The smallest absolute Gasteiger partial charge is 0.175 e. The third kappa shape index (κ3) is 3.49. The van der Waals surface area contributed by atoms with Crippen molar-refractivity contribution in [1.82, 2.24) is 4.98 Å². The SMILES string of the molecule is Brc1cc(CNc2cccnc2Br)cc2c1OCCCO2. The van der Waals surface area contributed by atoms with Crippen LogP contribution in [-0.4, -0.2) is 18.2 Å². The Labute approximate surface area is 140 Å². The van der Waals surface area contributed by atoms with Gasteiger partial charge in [-0.3, -0.25) is 0 Å². The van der Waals surface area contributed by atoms with E-state index in [9.17, 15) is 0 Å². The maximum absolute atomic E-state index is 5.74. The molecule has 1 aromatic carbocycles. The number of nitrogens with one attached hydrogen (secondary N) is 1. The van der Waals surface area contributed by atoms with Gasteiger partial charge in [0.05, 0.1) is 23.4 Å². The van der Waals surface area contributed by atoms with Gasteiger partial charge in [-0.25, -0.2) is 4.98 Å². The van der Waals surface area contributed by atoms with E-state index in [-0.39, 0.29) is 0 Å². The average molecular weight is 414 g/mol. The summed E-state index contributed by atoms with van der Waals surface area (Å²) in [7, 11) is 0. The molecule has 21 heavy (non-hydrogen) atoms. The van der Waals surface area contributed by atoms with Gasteiger partial charge in [0.2, 0.25) is 0 Å². The lowest BCUT2D eigenvalue weighted by molar-refractivity contribution is 0.296. The maximum Gasteiger partial charge on any atom is 0.175 e. The first kappa shape index (κ1) is 14.7. The van der Waals surface area contributed by atoms with E-state index in [0.717, 1.165) is 38.2 Å². The third-order valence-electron chi connectivity index (χ3n) is 3.10. The predicted molar refractivity (Wildman–Crippen MR) is 89.0 cm³/mol. The number of nitrogens with zero attached hydrogens (tertiary/aromatic N) is 1. The molecule has 0 atom stereocenters. The second kappa shape index (κ2) is 6.66. The molecule has 2 aromatic rings. The number of fused-ring (bicyclic) bond motifs is 1. The number of pyridine rings is 1. The van der Waals surface area contributed by atoms with E-state index >= 15 is 0 Å². The molecule has 6 heteroatoms. The van der Waals surface area contributed by atoms with Crippen LogP contribution in [-0.2, 0) is 6.54 Å². The van der Waals surface area contributed by atoms with Crippen LogP contribution in [0.4, 0.5) is 5.69 Å². The van der Waals surface area contributed by atoms with Crippen molar-refractivity contribution in [2.24, 2.45) is 0 Å². The molecule has 0 aliphatic carbocycles. The molecular weight excluding hydrogens is 400 g/mol. The average Bonchev–Trinajstić information content (AvgIpc) is 2.72. The molecule has 1 aliphatic heterocycles. The van der Waals surface area contributed by atoms with E-state index in [0.29, 0.717) is 19.8 Å². The Morgan fingerprint density at radius 1 is 1.19 bits per heavy atom. The summed E-state index contributed by atoms with van der Waals surface area (Å²) in [5.41, 5.74) is 2.07. The largest absolute Gasteiger partial charge is 0.490 e. The summed E-state index contributed by atoms with van der Waals surface area (Å²) in [6.07, 6.45) is 2.65. The van der Waals surface area contributed by atoms with Crippen LogP contribution in [0.15, 0.2) is 39.5 Å². The normalized spacial score (nSPS) is 13.6. The van der Waals surface area contributed by atoms with Crippen LogP contribution in [0.2, 0.25) is 0 Å². The number of halogens is 2. The molecule has 0 amide bonds. The molecule has 0 unspecified atom stereocenters. The minimum absolute atomic E-state index is 0.680. The summed E-state index contributed by atoms with van der Waals surface area (Å²) < 4.78 is 13.2. The lowest BCUT2D eigenvalue weighted by atomic mass is 10.2. The first-order valence-electron chi connectivity index (χ1n) is 6.66. The van der Waals surface area contributed by atoms with E-state index in [1.165, 1.54) is 0 Å². The molecule has 0 fully saturated rings. The third-order valence-corrected chi connectivity index (χ3v) is 4.32. The van der Waals surface area contributed by atoms with E-state index in [4.69, 9.17) is 9.47 Å². The Balaban J connectivity index is 1.79. The Bertz CT molecular complexity index is 650. The van der Waals surface area contributed by atoms with Crippen molar-refractivity contribution in [3.05, 3.63) is 45.1 Å². The monoisotopic (exact) mass is 412 g/mol. The molecule has 1 aliphatic rings. The standard InChI is InChI=1S/C15H14Br2N2O2/c16-11-7-10(8-13-14(11)21-6-2-5-20-13)9-19-12-3-1-4-18-15(12)17/h1,3-4,7-8,19H,2,5-6,9H2. The van der Waals surface area contributed by atoms with Gasteiger partial charge in [-0.05, 0) is 61.7 Å². The van der Waals surface area contributed by atoms with Gasteiger partial charge < -0.3 is 14.8 Å². The zero-order valence-electron chi connectivity index (χ0n) is 11.2. The van der Waals surface area contributed by atoms with Crippen LogP contribution in [0.5, 0.6) is 11.5 Å². The maximum atomic E-state index is 5.74. The van der Waals surface area contributed by atoms with Crippen LogP contribution in [0.25, 0.3) is 0 Å². The van der Waals surface area contributed by atoms with E-state index in [1.54, 1.807) is 6.20 Å². The van der Waals surface area contributed by atoms with Gasteiger partial charge in [-0.1, -0.05) is 0 Å². The van der Waals surface area contributed by atoms with Crippen molar-refractivity contribution in [2.75, 3.05) is 18.5 Å². The zero-order chi connectivity index (χ0) is 14.7. The topological polar surface area (TPSA) is 43.4 Å². The second-order valence-corrected chi connectivity index (χ2v) is 6.26. The van der Waals surface area contributed by atoms with Crippen molar-refractivity contribution in [3.63, 3.8) is 0 Å². The van der Waals surface area contributed by atoms with Crippen LogP contribution >= 0.6 is 31.9 Å². The molecule has 1 aromatic heterocycles. The number of benzene rings is 1. The second-order valence-electron chi connectivity index (χ2n) is 4.65. The number of rotatable bonds is 3. The zero-order valence-corrected chi connectivity index (χ0v) is 14.4. The number of anilines is 1. The van der Waals surface area contributed by atoms with Gasteiger partial charge in [-0.15, -0.1) is 0 Å². The Morgan fingerprint density at radius 3 is 2.90 bits per heavy atom. The van der Waals surface area contributed by atoms with Crippen molar-refractivity contribution in [2.45, 2.75) is 13.0 Å². The summed E-state index contributed by atoms with van der Waals surface area (Å²) in [6, 6.07) is 7.94. The van der Waals surface area contributed by atoms with Gasteiger partial charge in [-0.2, -0.15) is 0 Å². The highest BCUT2D eigenvalue weighted by Crippen LogP contribution is 2.38. The minimum atomic E-state index is 0.680. The van der Waals surface area contributed by atoms with Gasteiger partial charge in [0.1, 0.15) is 4.60 Å². The minimum Gasteiger partial charge on any atom is -0.490 e. The van der Waals surface area contributed by atoms with E-state index < -0.39 is 0 Å².